The second-order valence-corrected chi connectivity index (χ2v) is 4.03. The lowest BCUT2D eigenvalue weighted by Crippen LogP contribution is -2.07. The highest BCUT2D eigenvalue weighted by Crippen LogP contribution is 2.10. The third kappa shape index (κ3) is 4.79. The lowest BCUT2D eigenvalue weighted by Gasteiger charge is -2.10. The van der Waals surface area contributed by atoms with Gasteiger partial charge in [-0.25, -0.2) is 4.98 Å². The van der Waals surface area contributed by atoms with E-state index in [2.05, 4.69) is 4.98 Å². The molecule has 0 saturated heterocycles. The first kappa shape index (κ1) is 12.0. The van der Waals surface area contributed by atoms with Crippen LogP contribution in [-0.4, -0.2) is 17.2 Å². The van der Waals surface area contributed by atoms with Crippen molar-refractivity contribution >= 4 is 0 Å². The van der Waals surface area contributed by atoms with Crippen LogP contribution in [0.25, 0.3) is 0 Å². The van der Waals surface area contributed by atoms with Gasteiger partial charge >= 0.3 is 0 Å². The van der Waals surface area contributed by atoms with Crippen LogP contribution in [0.3, 0.4) is 0 Å². The molecule has 3 nitrogen and oxygen atoms in total. The summed E-state index contributed by atoms with van der Waals surface area (Å²) in [5.74, 6) is 0.665. The van der Waals surface area contributed by atoms with Gasteiger partial charge < -0.3 is 9.47 Å². The van der Waals surface area contributed by atoms with E-state index in [1.807, 2.05) is 39.8 Å². The van der Waals surface area contributed by atoms with Gasteiger partial charge in [-0.3, -0.25) is 0 Å². The summed E-state index contributed by atoms with van der Waals surface area (Å²) in [6.07, 6.45) is 2.20. The quantitative estimate of drug-likeness (QED) is 0.747. The molecule has 0 aliphatic heterocycles. The third-order valence-corrected chi connectivity index (χ3v) is 1.74. The maximum atomic E-state index is 5.47. The van der Waals surface area contributed by atoms with E-state index in [-0.39, 0.29) is 12.2 Å². The summed E-state index contributed by atoms with van der Waals surface area (Å²) in [7, 11) is 0. The number of ether oxygens (including phenoxy) is 2. The molecule has 0 amide bonds. The summed E-state index contributed by atoms with van der Waals surface area (Å²) in [6.45, 7) is 8.61. The molecule has 0 aromatic carbocycles. The Bertz CT molecular complexity index is 280. The number of hydrogen-bond acceptors (Lipinski definition) is 3. The monoisotopic (exact) mass is 209 g/mol. The van der Waals surface area contributed by atoms with Crippen LogP contribution < -0.4 is 4.74 Å². The molecule has 1 rings (SSSR count). The van der Waals surface area contributed by atoms with E-state index in [1.165, 1.54) is 0 Å². The zero-order chi connectivity index (χ0) is 11.3. The first-order valence-electron chi connectivity index (χ1n) is 5.31. The van der Waals surface area contributed by atoms with Crippen molar-refractivity contribution in [3.05, 3.63) is 23.9 Å². The Morgan fingerprint density at radius 3 is 2.33 bits per heavy atom. The third-order valence-electron chi connectivity index (χ3n) is 1.74. The van der Waals surface area contributed by atoms with Crippen LogP contribution in [0.15, 0.2) is 18.3 Å². The Morgan fingerprint density at radius 1 is 1.13 bits per heavy atom. The Hall–Kier alpha value is -1.09. The van der Waals surface area contributed by atoms with Crippen LogP contribution in [0.4, 0.5) is 0 Å². The number of pyridine rings is 1. The predicted octanol–water partition coefficient (Wildman–Crippen LogP) is 2.79. The van der Waals surface area contributed by atoms with Crippen molar-refractivity contribution in [2.24, 2.45) is 0 Å². The van der Waals surface area contributed by atoms with Crippen LogP contribution in [0.5, 0.6) is 5.88 Å². The van der Waals surface area contributed by atoms with Gasteiger partial charge in [0, 0.05) is 12.3 Å². The molecule has 0 bridgehead atoms. The second kappa shape index (κ2) is 5.71. The van der Waals surface area contributed by atoms with Crippen LogP contribution in [0.1, 0.15) is 33.3 Å². The molecule has 1 heterocycles. The lowest BCUT2D eigenvalue weighted by atomic mass is 10.3. The predicted molar refractivity (Wildman–Crippen MR) is 59.9 cm³/mol. The van der Waals surface area contributed by atoms with Gasteiger partial charge in [0.25, 0.3) is 0 Å². The fraction of sp³-hybridized carbons (Fsp3) is 0.583. The number of hydrogen-bond donors (Lipinski definition) is 0. The topological polar surface area (TPSA) is 31.4 Å². The molecule has 84 valence electrons. The van der Waals surface area contributed by atoms with Crippen LogP contribution in [0, 0.1) is 0 Å². The second-order valence-electron chi connectivity index (χ2n) is 4.03. The zero-order valence-electron chi connectivity index (χ0n) is 9.86. The van der Waals surface area contributed by atoms with Crippen molar-refractivity contribution in [1.29, 1.82) is 0 Å². The molecule has 0 aliphatic carbocycles. The SMILES string of the molecule is CC(C)OCc1ccc(OC(C)C)nc1. The number of nitrogens with zero attached hydrogens (tertiary/aromatic N) is 1. The first-order valence-corrected chi connectivity index (χ1v) is 5.31. The highest BCUT2D eigenvalue weighted by atomic mass is 16.5. The van der Waals surface area contributed by atoms with Gasteiger partial charge in [-0.05, 0) is 39.3 Å². The molecule has 0 radical (unpaired) electrons. The lowest BCUT2D eigenvalue weighted by molar-refractivity contribution is 0.0655. The standard InChI is InChI=1S/C12H19NO2/c1-9(2)14-8-11-5-6-12(13-7-11)15-10(3)4/h5-7,9-10H,8H2,1-4H3. The van der Waals surface area contributed by atoms with Gasteiger partial charge in [0.05, 0.1) is 18.8 Å². The minimum Gasteiger partial charge on any atom is -0.475 e. The van der Waals surface area contributed by atoms with Crippen LogP contribution in [-0.2, 0) is 11.3 Å². The number of rotatable bonds is 5. The van der Waals surface area contributed by atoms with Crippen molar-refractivity contribution in [1.82, 2.24) is 4.98 Å². The zero-order valence-corrected chi connectivity index (χ0v) is 9.86. The largest absolute Gasteiger partial charge is 0.475 e. The molecule has 0 unspecified atom stereocenters. The smallest absolute Gasteiger partial charge is 0.213 e. The van der Waals surface area contributed by atoms with E-state index in [9.17, 15) is 0 Å². The fourth-order valence-electron chi connectivity index (χ4n) is 1.07. The van der Waals surface area contributed by atoms with E-state index >= 15 is 0 Å². The molecule has 0 fully saturated rings. The van der Waals surface area contributed by atoms with Crippen molar-refractivity contribution < 1.29 is 9.47 Å². The summed E-state index contributed by atoms with van der Waals surface area (Å²) in [4.78, 5) is 4.19. The Kier molecular flexibility index (Phi) is 4.56. The van der Waals surface area contributed by atoms with Gasteiger partial charge in [0.15, 0.2) is 0 Å². The highest BCUT2D eigenvalue weighted by molar-refractivity contribution is 5.17. The Labute approximate surface area is 91.4 Å². The average Bonchev–Trinajstić information content (AvgIpc) is 2.16. The van der Waals surface area contributed by atoms with Crippen molar-refractivity contribution in [3.8, 4) is 5.88 Å². The maximum Gasteiger partial charge on any atom is 0.213 e. The van der Waals surface area contributed by atoms with Crippen molar-refractivity contribution in [3.63, 3.8) is 0 Å². The molecule has 15 heavy (non-hydrogen) atoms. The minimum atomic E-state index is 0.162. The van der Waals surface area contributed by atoms with E-state index < -0.39 is 0 Å². The Balaban J connectivity index is 2.49. The molecule has 0 spiro atoms. The van der Waals surface area contributed by atoms with Gasteiger partial charge in [-0.1, -0.05) is 0 Å². The Morgan fingerprint density at radius 2 is 1.87 bits per heavy atom. The van der Waals surface area contributed by atoms with Gasteiger partial charge in [-0.2, -0.15) is 0 Å². The first-order chi connectivity index (χ1) is 7.08. The molecule has 3 heteroatoms. The van der Waals surface area contributed by atoms with Gasteiger partial charge in [-0.15, -0.1) is 0 Å². The molecule has 0 aliphatic rings. The highest BCUT2D eigenvalue weighted by Gasteiger charge is 2.00. The molecular formula is C12H19NO2. The molecule has 0 saturated carbocycles. The number of aromatic nitrogens is 1. The van der Waals surface area contributed by atoms with Gasteiger partial charge in [0.2, 0.25) is 5.88 Å². The fourth-order valence-corrected chi connectivity index (χ4v) is 1.07. The van der Waals surface area contributed by atoms with Crippen molar-refractivity contribution in [2.75, 3.05) is 0 Å². The summed E-state index contributed by atoms with van der Waals surface area (Å²) in [5.41, 5.74) is 1.07. The van der Waals surface area contributed by atoms with E-state index in [1.54, 1.807) is 6.20 Å². The minimum absolute atomic E-state index is 0.162. The average molecular weight is 209 g/mol. The summed E-state index contributed by atoms with van der Waals surface area (Å²) in [6, 6.07) is 3.85. The molecule has 1 aromatic heterocycles. The molecule has 0 N–H and O–H groups in total. The van der Waals surface area contributed by atoms with Gasteiger partial charge in [0.1, 0.15) is 0 Å². The molecular weight excluding hydrogens is 190 g/mol. The summed E-state index contributed by atoms with van der Waals surface area (Å²) >= 11 is 0. The summed E-state index contributed by atoms with van der Waals surface area (Å²) < 4.78 is 10.9. The van der Waals surface area contributed by atoms with Crippen LogP contribution >= 0.6 is 0 Å². The molecule has 0 atom stereocenters. The maximum absolute atomic E-state index is 5.47. The van der Waals surface area contributed by atoms with Crippen molar-refractivity contribution in [2.45, 2.75) is 46.5 Å². The van der Waals surface area contributed by atoms with Crippen LogP contribution in [0.2, 0.25) is 0 Å². The summed E-state index contributed by atoms with van der Waals surface area (Å²) in [5, 5.41) is 0. The van der Waals surface area contributed by atoms with E-state index in [0.29, 0.717) is 12.5 Å². The van der Waals surface area contributed by atoms with E-state index in [0.717, 1.165) is 5.56 Å². The molecule has 1 aromatic rings. The van der Waals surface area contributed by atoms with E-state index in [4.69, 9.17) is 9.47 Å². The normalized spacial score (nSPS) is 11.1.